The predicted octanol–water partition coefficient (Wildman–Crippen LogP) is 1.39. The van der Waals surface area contributed by atoms with E-state index in [1.54, 1.807) is 0 Å². The van der Waals surface area contributed by atoms with E-state index in [0.29, 0.717) is 12.8 Å². The molecule has 8 nitrogen and oxygen atoms in total. The summed E-state index contributed by atoms with van der Waals surface area (Å²) in [7, 11) is -9.13. The average molecular weight is 420 g/mol. The Labute approximate surface area is 192 Å². The van der Waals surface area contributed by atoms with Gasteiger partial charge in [-0.05, 0) is 12.8 Å². The summed E-state index contributed by atoms with van der Waals surface area (Å²) in [5.41, 5.74) is -2.00. The second-order valence-corrected chi connectivity index (χ2v) is 8.73. The minimum absolute atomic E-state index is 0. The molecule has 0 atom stereocenters. The van der Waals surface area contributed by atoms with Gasteiger partial charge >= 0.3 is 74.3 Å². The number of rotatable bonds is 14. The van der Waals surface area contributed by atoms with Crippen molar-refractivity contribution in [1.29, 1.82) is 0 Å². The molecular weight excluding hydrogens is 392 g/mol. The van der Waals surface area contributed by atoms with Crippen LogP contribution in [0.1, 0.15) is 70.6 Å². The molecule has 0 fully saturated rings. The van der Waals surface area contributed by atoms with Crippen LogP contribution in [0.15, 0.2) is 0 Å². The van der Waals surface area contributed by atoms with E-state index in [-0.39, 0.29) is 72.0 Å². The fourth-order valence-corrected chi connectivity index (χ4v) is 2.98. The van der Waals surface area contributed by atoms with Gasteiger partial charge in [-0.1, -0.05) is 44.9 Å². The van der Waals surface area contributed by atoms with E-state index >= 15 is 0 Å². The van der Waals surface area contributed by atoms with Crippen LogP contribution in [0.3, 0.4) is 0 Å². The Morgan fingerprint density at radius 1 is 0.520 bits per heavy atom. The van der Waals surface area contributed by atoms with Gasteiger partial charge in [0.1, 0.15) is 0 Å². The van der Waals surface area contributed by atoms with Crippen LogP contribution in [0.5, 0.6) is 0 Å². The summed E-state index contributed by atoms with van der Waals surface area (Å²) in [6.07, 6.45) is 7.00. The zero-order valence-corrected chi connectivity index (χ0v) is 14.9. The third-order valence-electron chi connectivity index (χ3n) is 3.43. The van der Waals surface area contributed by atoms with E-state index in [2.05, 4.69) is 0 Å². The number of unbranched alkanes of at least 4 members (excludes halogenated alkanes) is 8. The molecule has 0 bridgehead atoms. The van der Waals surface area contributed by atoms with Crippen LogP contribution >= 0.6 is 15.2 Å². The van der Waals surface area contributed by atoms with E-state index in [1.165, 1.54) is 0 Å². The minimum atomic E-state index is -4.56. The molecule has 0 aromatic carbocycles. The van der Waals surface area contributed by atoms with Crippen molar-refractivity contribution in [2.75, 3.05) is 0 Å². The molecule has 0 aliphatic rings. The summed E-state index contributed by atoms with van der Waals surface area (Å²) >= 11 is 0. The molecule has 0 aliphatic heterocycles. The van der Waals surface area contributed by atoms with Gasteiger partial charge in [-0.3, -0.25) is 18.7 Å². The zero-order valence-electron chi connectivity index (χ0n) is 13.1. The van der Waals surface area contributed by atoms with Crippen LogP contribution in [-0.4, -0.2) is 89.7 Å². The number of carbonyl (C=O) groups excluding carboxylic acids is 2. The van der Waals surface area contributed by atoms with Gasteiger partial charge in [0.25, 0.3) is 0 Å². The normalized spacial score (nSPS) is 11.4. The van der Waals surface area contributed by atoms with Crippen molar-refractivity contribution in [1.82, 2.24) is 0 Å². The molecule has 0 aromatic heterocycles. The summed E-state index contributed by atoms with van der Waals surface area (Å²) in [6.45, 7) is 0. The molecule has 0 amide bonds. The van der Waals surface area contributed by atoms with Crippen LogP contribution < -0.4 is 0 Å². The molecule has 0 aromatic rings. The molecule has 25 heavy (non-hydrogen) atoms. The molecule has 0 aliphatic carbocycles. The van der Waals surface area contributed by atoms with Crippen molar-refractivity contribution in [2.24, 2.45) is 0 Å². The number of carbonyl (C=O) groups is 2. The summed E-state index contributed by atoms with van der Waals surface area (Å²) in [5.74, 6) is 0. The van der Waals surface area contributed by atoms with E-state index in [4.69, 9.17) is 19.6 Å². The van der Waals surface area contributed by atoms with Gasteiger partial charge < -0.3 is 19.6 Å². The molecular formula is C13H28Na2O8P2. The van der Waals surface area contributed by atoms with Crippen molar-refractivity contribution >= 4 is 85.4 Å². The second kappa shape index (κ2) is 16.6. The first kappa shape index (κ1) is 31.3. The van der Waals surface area contributed by atoms with Crippen molar-refractivity contribution in [3.8, 4) is 0 Å². The summed E-state index contributed by atoms with van der Waals surface area (Å²) < 4.78 is 21.2. The van der Waals surface area contributed by atoms with Crippen LogP contribution in [0.4, 0.5) is 0 Å². The first-order valence-electron chi connectivity index (χ1n) is 7.73. The van der Waals surface area contributed by atoms with Crippen molar-refractivity contribution in [3.63, 3.8) is 0 Å². The van der Waals surface area contributed by atoms with Crippen LogP contribution in [0.2, 0.25) is 0 Å². The monoisotopic (exact) mass is 420 g/mol. The SMILES string of the molecule is O=C(CCCCCCCCCCCC(=O)P(=O)(O)O)P(=O)(O)O.[NaH].[NaH]. The molecule has 0 heterocycles. The Kier molecular flexibility index (Phi) is 20.8. The Morgan fingerprint density at radius 2 is 0.720 bits per heavy atom. The number of hydrogen-bond donors (Lipinski definition) is 4. The third kappa shape index (κ3) is 18.8. The van der Waals surface area contributed by atoms with Gasteiger partial charge in [0.05, 0.1) is 0 Å². The summed E-state index contributed by atoms with van der Waals surface area (Å²) in [6, 6.07) is 0. The molecule has 12 heteroatoms. The molecule has 140 valence electrons. The van der Waals surface area contributed by atoms with Crippen molar-refractivity contribution in [2.45, 2.75) is 70.6 Å². The average Bonchev–Trinajstić information content (AvgIpc) is 2.42. The molecule has 0 saturated heterocycles. The Hall–Kier alpha value is 1.64. The fourth-order valence-electron chi connectivity index (χ4n) is 2.08. The van der Waals surface area contributed by atoms with Crippen LogP contribution in [0.25, 0.3) is 0 Å². The summed E-state index contributed by atoms with van der Waals surface area (Å²) in [4.78, 5) is 56.4. The van der Waals surface area contributed by atoms with Gasteiger partial charge in [0.2, 0.25) is 11.0 Å². The third-order valence-corrected chi connectivity index (χ3v) is 5.18. The molecule has 4 N–H and O–H groups in total. The quantitative estimate of drug-likeness (QED) is 0.187. The van der Waals surface area contributed by atoms with Crippen LogP contribution in [-0.2, 0) is 18.7 Å². The van der Waals surface area contributed by atoms with Gasteiger partial charge in [-0.2, -0.15) is 0 Å². The zero-order chi connectivity index (χ0) is 17.9. The molecule has 0 rings (SSSR count). The van der Waals surface area contributed by atoms with Crippen molar-refractivity contribution < 1.29 is 38.3 Å². The second-order valence-electron chi connectivity index (χ2n) is 5.56. The standard InChI is InChI=1S/C13H26O8P2.2Na.2H/c14-12(22(16,17)18)10-8-6-4-2-1-3-5-7-9-11-13(15)23(19,20)21;;;;/h1-11H2,(H2,16,17,18)(H2,19,20,21);;;;. The first-order valence-corrected chi connectivity index (χ1v) is 11.0. The Morgan fingerprint density at radius 3 is 0.920 bits per heavy atom. The van der Waals surface area contributed by atoms with Gasteiger partial charge in [-0.25, -0.2) is 0 Å². The van der Waals surface area contributed by atoms with Crippen LogP contribution in [0, 0.1) is 0 Å². The Bertz CT molecular complexity index is 433. The van der Waals surface area contributed by atoms with E-state index in [0.717, 1.165) is 44.9 Å². The topological polar surface area (TPSA) is 149 Å². The first-order chi connectivity index (χ1) is 10.5. The maximum absolute atomic E-state index is 11.0. The molecule has 0 saturated carbocycles. The fraction of sp³-hybridized carbons (Fsp3) is 0.846. The van der Waals surface area contributed by atoms with E-state index in [1.807, 2.05) is 0 Å². The molecule has 0 unspecified atom stereocenters. The molecule has 0 radical (unpaired) electrons. The van der Waals surface area contributed by atoms with Gasteiger partial charge in [0.15, 0.2) is 0 Å². The number of hydrogen-bond acceptors (Lipinski definition) is 4. The van der Waals surface area contributed by atoms with Crippen molar-refractivity contribution in [3.05, 3.63) is 0 Å². The Balaban J connectivity index is -0.00000242. The van der Waals surface area contributed by atoms with Gasteiger partial charge in [0, 0.05) is 12.8 Å². The maximum atomic E-state index is 11.0. The summed E-state index contributed by atoms with van der Waals surface area (Å²) in [5, 5.41) is 0. The molecule has 0 spiro atoms. The van der Waals surface area contributed by atoms with E-state index < -0.39 is 26.2 Å². The van der Waals surface area contributed by atoms with E-state index in [9.17, 15) is 18.7 Å². The van der Waals surface area contributed by atoms with Gasteiger partial charge in [-0.15, -0.1) is 0 Å². The predicted molar refractivity (Wildman–Crippen MR) is 99.2 cm³/mol.